The van der Waals surface area contributed by atoms with Gasteiger partial charge in [0, 0.05) is 24.0 Å². The number of rotatable bonds is 7. The van der Waals surface area contributed by atoms with E-state index in [9.17, 15) is 13.2 Å². The fourth-order valence-electron chi connectivity index (χ4n) is 3.46. The second-order valence-electron chi connectivity index (χ2n) is 7.67. The van der Waals surface area contributed by atoms with Crippen molar-refractivity contribution in [1.29, 1.82) is 0 Å². The minimum atomic E-state index is -3.49. The van der Waals surface area contributed by atoms with Crippen LogP contribution in [-0.2, 0) is 20.6 Å². The Balaban J connectivity index is 1.59. The molecule has 1 amide bonds. The number of nitrogens with zero attached hydrogens (tertiary/aromatic N) is 1. The lowest BCUT2D eigenvalue weighted by atomic mass is 9.97. The van der Waals surface area contributed by atoms with Crippen molar-refractivity contribution in [3.8, 4) is 5.75 Å². The Morgan fingerprint density at radius 1 is 1.13 bits per heavy atom. The Morgan fingerprint density at radius 3 is 2.43 bits per heavy atom. The molecule has 2 aromatic rings. The van der Waals surface area contributed by atoms with Crippen LogP contribution in [0.15, 0.2) is 48.5 Å². The molecular weight excluding hydrogens is 424 g/mol. The molecule has 8 heteroatoms. The van der Waals surface area contributed by atoms with Gasteiger partial charge in [-0.2, -0.15) is 0 Å². The summed E-state index contributed by atoms with van der Waals surface area (Å²) in [7, 11) is -3.49. The molecule has 1 aliphatic heterocycles. The van der Waals surface area contributed by atoms with Gasteiger partial charge in [-0.25, -0.2) is 12.7 Å². The van der Waals surface area contributed by atoms with E-state index in [0.717, 1.165) is 0 Å². The van der Waals surface area contributed by atoms with Crippen LogP contribution in [-0.4, -0.2) is 37.8 Å². The van der Waals surface area contributed by atoms with Gasteiger partial charge in [-0.05, 0) is 50.5 Å². The van der Waals surface area contributed by atoms with Gasteiger partial charge in [0.1, 0.15) is 5.75 Å². The molecule has 1 heterocycles. The van der Waals surface area contributed by atoms with Gasteiger partial charge in [0.25, 0.3) is 0 Å². The normalized spacial score (nSPS) is 15.9. The van der Waals surface area contributed by atoms with Crippen LogP contribution < -0.4 is 10.1 Å². The van der Waals surface area contributed by atoms with Crippen molar-refractivity contribution in [2.45, 2.75) is 38.5 Å². The van der Waals surface area contributed by atoms with Crippen LogP contribution in [0.4, 0.5) is 5.69 Å². The van der Waals surface area contributed by atoms with Crippen molar-refractivity contribution in [2.24, 2.45) is 5.92 Å². The second-order valence-corrected chi connectivity index (χ2v) is 10.0. The summed E-state index contributed by atoms with van der Waals surface area (Å²) in [6.45, 7) is 4.48. The maximum Gasteiger partial charge on any atom is 0.227 e. The van der Waals surface area contributed by atoms with E-state index in [2.05, 4.69) is 5.32 Å². The molecule has 0 unspecified atom stereocenters. The van der Waals surface area contributed by atoms with Crippen molar-refractivity contribution in [2.75, 3.05) is 18.4 Å². The molecule has 0 spiro atoms. The van der Waals surface area contributed by atoms with E-state index >= 15 is 0 Å². The Labute approximate surface area is 183 Å². The van der Waals surface area contributed by atoms with Gasteiger partial charge in [-0.3, -0.25) is 4.79 Å². The molecule has 162 valence electrons. The maximum atomic E-state index is 12.8. The smallest absolute Gasteiger partial charge is 0.227 e. The number of hydrogen-bond acceptors (Lipinski definition) is 4. The number of para-hydroxylation sites is 2. The number of piperidine rings is 1. The number of ether oxygens (including phenoxy) is 1. The van der Waals surface area contributed by atoms with Crippen LogP contribution in [0.1, 0.15) is 32.3 Å². The molecule has 0 bridgehead atoms. The number of halogens is 1. The van der Waals surface area contributed by atoms with Crippen molar-refractivity contribution < 1.29 is 17.9 Å². The lowest BCUT2D eigenvalue weighted by molar-refractivity contribution is -0.120. The third-order valence-corrected chi connectivity index (χ3v) is 7.22. The zero-order valence-corrected chi connectivity index (χ0v) is 18.7. The van der Waals surface area contributed by atoms with Crippen LogP contribution >= 0.6 is 11.6 Å². The lowest BCUT2D eigenvalue weighted by Crippen LogP contribution is -2.41. The maximum absolute atomic E-state index is 12.8. The fourth-order valence-corrected chi connectivity index (χ4v) is 5.34. The van der Waals surface area contributed by atoms with Crippen LogP contribution in [0.3, 0.4) is 0 Å². The van der Waals surface area contributed by atoms with Gasteiger partial charge < -0.3 is 10.1 Å². The summed E-state index contributed by atoms with van der Waals surface area (Å²) in [6.07, 6.45) is 0.941. The van der Waals surface area contributed by atoms with E-state index < -0.39 is 10.0 Å². The monoisotopic (exact) mass is 450 g/mol. The van der Waals surface area contributed by atoms with Gasteiger partial charge in [-0.1, -0.05) is 41.9 Å². The summed E-state index contributed by atoms with van der Waals surface area (Å²) in [5, 5.41) is 3.38. The first kappa shape index (κ1) is 22.6. The lowest BCUT2D eigenvalue weighted by Gasteiger charge is -2.30. The minimum Gasteiger partial charge on any atom is -0.489 e. The van der Waals surface area contributed by atoms with Gasteiger partial charge in [0.2, 0.25) is 15.9 Å². The number of nitrogens with one attached hydrogen (secondary N) is 1. The average molecular weight is 451 g/mol. The van der Waals surface area contributed by atoms with Crippen molar-refractivity contribution in [3.63, 3.8) is 0 Å². The SMILES string of the molecule is CC(C)Oc1ccccc1NC(=O)C1CCN(S(=O)(=O)Cc2ccccc2Cl)CC1. The van der Waals surface area contributed by atoms with Gasteiger partial charge >= 0.3 is 0 Å². The second kappa shape index (κ2) is 9.81. The van der Waals surface area contributed by atoms with E-state index in [1.807, 2.05) is 32.0 Å². The highest BCUT2D eigenvalue weighted by molar-refractivity contribution is 7.88. The van der Waals surface area contributed by atoms with Crippen LogP contribution in [0, 0.1) is 5.92 Å². The number of hydrogen-bond donors (Lipinski definition) is 1. The molecule has 1 N–H and O–H groups in total. The first-order valence-electron chi connectivity index (χ1n) is 10.0. The largest absolute Gasteiger partial charge is 0.489 e. The van der Waals surface area contributed by atoms with Gasteiger partial charge in [0.15, 0.2) is 0 Å². The molecule has 0 aromatic heterocycles. The summed E-state index contributed by atoms with van der Waals surface area (Å²) in [6, 6.07) is 14.3. The fraction of sp³-hybridized carbons (Fsp3) is 0.409. The number of anilines is 1. The first-order chi connectivity index (χ1) is 14.3. The standard InChI is InChI=1S/C22H27ClN2O4S/c1-16(2)29-21-10-6-5-9-20(21)24-22(26)17-11-13-25(14-12-17)30(27,28)15-18-7-3-4-8-19(18)23/h3-10,16-17H,11-15H2,1-2H3,(H,24,26). The van der Waals surface area contributed by atoms with E-state index in [0.29, 0.717) is 48.0 Å². The Morgan fingerprint density at radius 2 is 1.77 bits per heavy atom. The molecule has 1 aliphatic rings. The number of carbonyl (C=O) groups excluding carboxylic acids is 1. The molecule has 0 radical (unpaired) electrons. The Bertz CT molecular complexity index is 986. The first-order valence-corrected chi connectivity index (χ1v) is 12.0. The molecule has 6 nitrogen and oxygen atoms in total. The number of benzene rings is 2. The molecule has 1 saturated heterocycles. The molecule has 1 fully saturated rings. The minimum absolute atomic E-state index is 0.00499. The quantitative estimate of drug-likeness (QED) is 0.682. The molecule has 0 atom stereocenters. The summed E-state index contributed by atoms with van der Waals surface area (Å²) < 4.78 is 32.7. The summed E-state index contributed by atoms with van der Waals surface area (Å²) >= 11 is 6.11. The predicted molar refractivity (Wildman–Crippen MR) is 119 cm³/mol. The van der Waals surface area contributed by atoms with Crippen LogP contribution in [0.5, 0.6) is 5.75 Å². The van der Waals surface area contributed by atoms with E-state index in [1.165, 1.54) is 4.31 Å². The predicted octanol–water partition coefficient (Wildman–Crippen LogP) is 4.31. The zero-order valence-electron chi connectivity index (χ0n) is 17.2. The van der Waals surface area contributed by atoms with E-state index in [-0.39, 0.29) is 23.7 Å². The summed E-state index contributed by atoms with van der Waals surface area (Å²) in [5.74, 6) is 0.131. The highest BCUT2D eigenvalue weighted by Gasteiger charge is 2.31. The Kier molecular flexibility index (Phi) is 7.39. The average Bonchev–Trinajstić information content (AvgIpc) is 2.71. The van der Waals surface area contributed by atoms with Crippen LogP contribution in [0.2, 0.25) is 5.02 Å². The number of sulfonamides is 1. The molecule has 0 aliphatic carbocycles. The van der Waals surface area contributed by atoms with Crippen molar-refractivity contribution in [3.05, 3.63) is 59.1 Å². The number of carbonyl (C=O) groups is 1. The molecular formula is C22H27ClN2O4S. The highest BCUT2D eigenvalue weighted by atomic mass is 35.5. The van der Waals surface area contributed by atoms with E-state index in [1.54, 1.807) is 30.3 Å². The summed E-state index contributed by atoms with van der Waals surface area (Å²) in [5.41, 5.74) is 1.21. The van der Waals surface area contributed by atoms with Crippen molar-refractivity contribution >= 4 is 33.2 Å². The molecule has 30 heavy (non-hydrogen) atoms. The molecule has 0 saturated carbocycles. The summed E-state index contributed by atoms with van der Waals surface area (Å²) in [4.78, 5) is 12.7. The molecule has 3 rings (SSSR count). The highest BCUT2D eigenvalue weighted by Crippen LogP contribution is 2.28. The van der Waals surface area contributed by atoms with Gasteiger partial charge in [-0.15, -0.1) is 0 Å². The van der Waals surface area contributed by atoms with Crippen molar-refractivity contribution in [1.82, 2.24) is 4.31 Å². The third-order valence-electron chi connectivity index (χ3n) is 5.02. The molecule has 2 aromatic carbocycles. The zero-order chi connectivity index (χ0) is 21.7. The topological polar surface area (TPSA) is 75.7 Å². The Hall–Kier alpha value is -2.09. The van der Waals surface area contributed by atoms with E-state index in [4.69, 9.17) is 16.3 Å². The van der Waals surface area contributed by atoms with Crippen LogP contribution in [0.25, 0.3) is 0 Å². The number of amides is 1. The third kappa shape index (κ3) is 5.74. The van der Waals surface area contributed by atoms with Gasteiger partial charge in [0.05, 0.1) is 17.5 Å².